The molecule has 1 heterocycles. The Hall–Kier alpha value is -1.75. The maximum Gasteiger partial charge on any atom is 0.340 e. The summed E-state index contributed by atoms with van der Waals surface area (Å²) < 4.78 is 10.3. The zero-order valence-electron chi connectivity index (χ0n) is 11.4. The summed E-state index contributed by atoms with van der Waals surface area (Å²) in [4.78, 5) is 11.8. The van der Waals surface area contributed by atoms with Gasteiger partial charge >= 0.3 is 5.97 Å². The minimum absolute atomic E-state index is 0.170. The van der Waals surface area contributed by atoms with Crippen molar-refractivity contribution in [3.8, 4) is 0 Å². The van der Waals surface area contributed by atoms with Gasteiger partial charge in [0.2, 0.25) is 0 Å². The lowest BCUT2D eigenvalue weighted by atomic mass is 9.94. The monoisotopic (exact) mass is 264 g/mol. The van der Waals surface area contributed by atoms with Crippen LogP contribution in [0.15, 0.2) is 18.2 Å². The van der Waals surface area contributed by atoms with Crippen molar-refractivity contribution in [1.82, 2.24) is 0 Å². The Morgan fingerprint density at radius 1 is 1.53 bits per heavy atom. The minimum Gasteiger partial charge on any atom is -0.465 e. The molecule has 0 saturated carbocycles. The number of anilines is 2. The van der Waals surface area contributed by atoms with Gasteiger partial charge in [-0.3, -0.25) is 0 Å². The zero-order valence-corrected chi connectivity index (χ0v) is 11.4. The van der Waals surface area contributed by atoms with Crippen LogP contribution in [0.3, 0.4) is 0 Å². The number of carbonyl (C=O) groups excluding carboxylic acids is 1. The van der Waals surface area contributed by atoms with Gasteiger partial charge < -0.3 is 20.5 Å². The van der Waals surface area contributed by atoms with Crippen molar-refractivity contribution in [3.63, 3.8) is 0 Å². The highest BCUT2D eigenvalue weighted by Crippen LogP contribution is 2.27. The summed E-state index contributed by atoms with van der Waals surface area (Å²) in [6.07, 6.45) is 2.00. The lowest BCUT2D eigenvalue weighted by Crippen LogP contribution is -2.43. The molecule has 0 radical (unpaired) electrons. The predicted molar refractivity (Wildman–Crippen MR) is 74.3 cm³/mol. The number of nitrogens with two attached hydrogens (primary N) is 1. The van der Waals surface area contributed by atoms with Gasteiger partial charge in [-0.25, -0.2) is 4.79 Å². The van der Waals surface area contributed by atoms with E-state index in [1.165, 1.54) is 7.11 Å². The lowest BCUT2D eigenvalue weighted by Gasteiger charge is -2.35. The Morgan fingerprint density at radius 3 is 2.95 bits per heavy atom. The molecule has 0 spiro atoms. The molecule has 1 aromatic rings. The highest BCUT2D eigenvalue weighted by atomic mass is 16.5. The fourth-order valence-electron chi connectivity index (χ4n) is 2.31. The summed E-state index contributed by atoms with van der Waals surface area (Å²) in [5.41, 5.74) is 7.28. The number of nitrogens with one attached hydrogen (secondary N) is 1. The minimum atomic E-state index is -0.393. The summed E-state index contributed by atoms with van der Waals surface area (Å²) in [6.45, 7) is 3.50. The van der Waals surface area contributed by atoms with Crippen LogP contribution in [-0.4, -0.2) is 31.8 Å². The van der Waals surface area contributed by atoms with Crippen molar-refractivity contribution in [2.24, 2.45) is 0 Å². The second-order valence-corrected chi connectivity index (χ2v) is 5.14. The van der Waals surface area contributed by atoms with Crippen LogP contribution in [-0.2, 0) is 9.47 Å². The van der Waals surface area contributed by atoms with Crippen LogP contribution in [0.5, 0.6) is 0 Å². The molecule has 5 heteroatoms. The molecule has 0 aliphatic carbocycles. The standard InChI is InChI=1S/C14H20N2O3/c1-14(6-3-7-19-9-14)16-12-5-4-10(15)8-11(12)13(17)18-2/h4-5,8,16H,3,6-7,9,15H2,1-2H3. The first kappa shape index (κ1) is 13.7. The molecule has 1 saturated heterocycles. The number of hydrogen-bond acceptors (Lipinski definition) is 5. The number of carbonyl (C=O) groups is 1. The molecular weight excluding hydrogens is 244 g/mol. The number of benzene rings is 1. The van der Waals surface area contributed by atoms with Crippen LogP contribution in [0.2, 0.25) is 0 Å². The molecule has 19 heavy (non-hydrogen) atoms. The van der Waals surface area contributed by atoms with Crippen LogP contribution >= 0.6 is 0 Å². The third-order valence-corrected chi connectivity index (χ3v) is 3.32. The summed E-state index contributed by atoms with van der Waals surface area (Å²) in [7, 11) is 1.36. The second kappa shape index (κ2) is 5.48. The maximum atomic E-state index is 11.8. The normalized spacial score (nSPS) is 22.8. The second-order valence-electron chi connectivity index (χ2n) is 5.14. The van der Waals surface area contributed by atoms with E-state index in [0.29, 0.717) is 17.9 Å². The van der Waals surface area contributed by atoms with Gasteiger partial charge in [0.25, 0.3) is 0 Å². The Morgan fingerprint density at radius 2 is 2.32 bits per heavy atom. The Balaban J connectivity index is 2.26. The molecular formula is C14H20N2O3. The summed E-state index contributed by atoms with van der Waals surface area (Å²) in [5, 5.41) is 3.39. The van der Waals surface area contributed by atoms with Crippen molar-refractivity contribution >= 4 is 17.3 Å². The number of rotatable bonds is 3. The molecule has 1 atom stereocenters. The van der Waals surface area contributed by atoms with Gasteiger partial charge in [-0.05, 0) is 38.0 Å². The molecule has 0 amide bonds. The van der Waals surface area contributed by atoms with Gasteiger partial charge in [0.1, 0.15) is 0 Å². The summed E-state index contributed by atoms with van der Waals surface area (Å²) >= 11 is 0. The molecule has 1 aliphatic rings. The van der Waals surface area contributed by atoms with Crippen molar-refractivity contribution in [2.45, 2.75) is 25.3 Å². The van der Waals surface area contributed by atoms with Crippen LogP contribution < -0.4 is 11.1 Å². The highest BCUT2D eigenvalue weighted by molar-refractivity contribution is 5.96. The molecule has 1 unspecified atom stereocenters. The van der Waals surface area contributed by atoms with Crippen molar-refractivity contribution in [1.29, 1.82) is 0 Å². The molecule has 2 rings (SSSR count). The molecule has 104 valence electrons. The van der Waals surface area contributed by atoms with E-state index in [1.54, 1.807) is 18.2 Å². The average Bonchev–Trinajstić information content (AvgIpc) is 2.40. The average molecular weight is 264 g/mol. The van der Waals surface area contributed by atoms with E-state index in [2.05, 4.69) is 12.2 Å². The van der Waals surface area contributed by atoms with Gasteiger partial charge in [0, 0.05) is 18.0 Å². The van der Waals surface area contributed by atoms with Crippen LogP contribution in [0.1, 0.15) is 30.1 Å². The SMILES string of the molecule is COC(=O)c1cc(N)ccc1NC1(C)CCCOC1. The number of hydrogen-bond donors (Lipinski definition) is 2. The lowest BCUT2D eigenvalue weighted by molar-refractivity contribution is 0.0535. The van der Waals surface area contributed by atoms with Gasteiger partial charge in [-0.2, -0.15) is 0 Å². The van der Waals surface area contributed by atoms with Crippen LogP contribution in [0.4, 0.5) is 11.4 Å². The van der Waals surface area contributed by atoms with Gasteiger partial charge in [0.15, 0.2) is 0 Å². The fraction of sp³-hybridized carbons (Fsp3) is 0.500. The largest absolute Gasteiger partial charge is 0.465 e. The van der Waals surface area contributed by atoms with E-state index in [-0.39, 0.29) is 5.54 Å². The zero-order chi connectivity index (χ0) is 13.9. The molecule has 3 N–H and O–H groups in total. The Kier molecular flexibility index (Phi) is 3.95. The van der Waals surface area contributed by atoms with Crippen LogP contribution in [0, 0.1) is 0 Å². The maximum absolute atomic E-state index is 11.8. The number of nitrogen functional groups attached to an aromatic ring is 1. The number of methoxy groups -OCH3 is 1. The van der Waals surface area contributed by atoms with Crippen molar-refractivity contribution in [3.05, 3.63) is 23.8 Å². The number of ether oxygens (including phenoxy) is 2. The summed E-state index contributed by atoms with van der Waals surface area (Å²) in [5.74, 6) is -0.393. The Labute approximate surface area is 113 Å². The third-order valence-electron chi connectivity index (χ3n) is 3.32. The molecule has 1 fully saturated rings. The molecule has 0 bridgehead atoms. The molecule has 0 aromatic heterocycles. The highest BCUT2D eigenvalue weighted by Gasteiger charge is 2.28. The number of esters is 1. The Bertz CT molecular complexity index is 468. The topological polar surface area (TPSA) is 73.6 Å². The smallest absolute Gasteiger partial charge is 0.340 e. The van der Waals surface area contributed by atoms with Gasteiger partial charge in [0.05, 0.1) is 24.8 Å². The van der Waals surface area contributed by atoms with E-state index >= 15 is 0 Å². The van der Waals surface area contributed by atoms with Crippen molar-refractivity contribution in [2.75, 3.05) is 31.4 Å². The first-order valence-corrected chi connectivity index (χ1v) is 6.38. The first-order valence-electron chi connectivity index (χ1n) is 6.38. The van der Waals surface area contributed by atoms with Gasteiger partial charge in [-0.1, -0.05) is 0 Å². The predicted octanol–water partition coefficient (Wildman–Crippen LogP) is 2.04. The van der Waals surface area contributed by atoms with E-state index in [0.717, 1.165) is 25.1 Å². The van der Waals surface area contributed by atoms with Crippen molar-refractivity contribution < 1.29 is 14.3 Å². The van der Waals surface area contributed by atoms with E-state index in [1.807, 2.05) is 0 Å². The van der Waals surface area contributed by atoms with Crippen LogP contribution in [0.25, 0.3) is 0 Å². The quantitative estimate of drug-likeness (QED) is 0.645. The molecule has 1 aliphatic heterocycles. The van der Waals surface area contributed by atoms with E-state index in [9.17, 15) is 4.79 Å². The van der Waals surface area contributed by atoms with E-state index < -0.39 is 5.97 Å². The summed E-state index contributed by atoms with van der Waals surface area (Å²) in [6, 6.07) is 5.20. The van der Waals surface area contributed by atoms with E-state index in [4.69, 9.17) is 15.2 Å². The molecule has 5 nitrogen and oxygen atoms in total. The third kappa shape index (κ3) is 3.17. The van der Waals surface area contributed by atoms with Gasteiger partial charge in [-0.15, -0.1) is 0 Å². The fourth-order valence-corrected chi connectivity index (χ4v) is 2.31. The molecule has 1 aromatic carbocycles. The first-order chi connectivity index (χ1) is 9.04.